The molecule has 0 atom stereocenters. The first kappa shape index (κ1) is 12.0. The van der Waals surface area contributed by atoms with Crippen LogP contribution in [-0.2, 0) is 9.47 Å². The molecule has 0 heterocycles. The van der Waals surface area contributed by atoms with Gasteiger partial charge in [0.15, 0.2) is 0 Å². The molecule has 0 fully saturated rings. The Bertz CT molecular complexity index is 243. The monoisotopic (exact) mass is 209 g/mol. The van der Waals surface area contributed by atoms with Gasteiger partial charge in [0, 0.05) is 18.9 Å². The highest BCUT2D eigenvalue weighted by atomic mass is 16.5. The molecule has 0 radical (unpaired) electrons. The van der Waals surface area contributed by atoms with E-state index >= 15 is 0 Å². The fourth-order valence-corrected chi connectivity index (χ4v) is 1.23. The van der Waals surface area contributed by atoms with Gasteiger partial charge in [-0.3, -0.25) is 0 Å². The van der Waals surface area contributed by atoms with Crippen LogP contribution in [0.5, 0.6) is 0 Å². The number of rotatable bonds is 7. The molecule has 0 N–H and O–H groups in total. The van der Waals surface area contributed by atoms with Gasteiger partial charge in [-0.25, -0.2) is 0 Å². The predicted molar refractivity (Wildman–Crippen MR) is 61.9 cm³/mol. The fraction of sp³-hybridized carbons (Fsp3) is 0.500. The van der Waals surface area contributed by atoms with Crippen LogP contribution in [0.3, 0.4) is 0 Å². The molecule has 1 aromatic rings. The minimum Gasteiger partial charge on any atom is -0.361 e. The predicted octanol–water partition coefficient (Wildman–Crippen LogP) is 2.48. The second-order valence-electron chi connectivity index (χ2n) is 3.12. The van der Waals surface area contributed by atoms with Crippen LogP contribution >= 0.6 is 0 Å². The Kier molecular flexibility index (Phi) is 5.81. The van der Waals surface area contributed by atoms with Crippen LogP contribution < -0.4 is 4.90 Å². The summed E-state index contributed by atoms with van der Waals surface area (Å²) in [6, 6.07) is 10.1. The van der Waals surface area contributed by atoms with E-state index in [0.29, 0.717) is 13.5 Å². The van der Waals surface area contributed by atoms with E-state index in [1.54, 1.807) is 0 Å². The van der Waals surface area contributed by atoms with Crippen molar-refractivity contribution in [3.05, 3.63) is 30.3 Å². The van der Waals surface area contributed by atoms with E-state index in [9.17, 15) is 0 Å². The summed E-state index contributed by atoms with van der Waals surface area (Å²) in [7, 11) is 0. The van der Waals surface area contributed by atoms with Crippen LogP contribution in [-0.4, -0.2) is 26.7 Å². The summed E-state index contributed by atoms with van der Waals surface area (Å²) >= 11 is 0. The van der Waals surface area contributed by atoms with Crippen LogP contribution in [0, 0.1) is 0 Å². The summed E-state index contributed by atoms with van der Waals surface area (Å²) in [5.74, 6) is 0. The highest BCUT2D eigenvalue weighted by Crippen LogP contribution is 2.12. The highest BCUT2D eigenvalue weighted by Gasteiger charge is 2.04. The van der Waals surface area contributed by atoms with Gasteiger partial charge in [-0.05, 0) is 26.0 Å². The van der Waals surface area contributed by atoms with Crippen LogP contribution in [0.1, 0.15) is 13.8 Å². The second-order valence-corrected chi connectivity index (χ2v) is 3.12. The van der Waals surface area contributed by atoms with Crippen LogP contribution in [0.25, 0.3) is 0 Å². The molecule has 15 heavy (non-hydrogen) atoms. The molecule has 0 aliphatic rings. The van der Waals surface area contributed by atoms with E-state index in [1.165, 1.54) is 0 Å². The van der Waals surface area contributed by atoms with E-state index in [-0.39, 0.29) is 0 Å². The molecule has 0 aliphatic carbocycles. The Balaban J connectivity index is 2.55. The zero-order valence-corrected chi connectivity index (χ0v) is 9.48. The lowest BCUT2D eigenvalue weighted by Gasteiger charge is -2.23. The van der Waals surface area contributed by atoms with Crippen molar-refractivity contribution in [2.45, 2.75) is 13.8 Å². The zero-order chi connectivity index (χ0) is 10.9. The van der Waals surface area contributed by atoms with Gasteiger partial charge in [0.25, 0.3) is 0 Å². The molecule has 3 heteroatoms. The van der Waals surface area contributed by atoms with Crippen molar-refractivity contribution in [1.29, 1.82) is 0 Å². The van der Waals surface area contributed by atoms with Crippen LogP contribution in [0.2, 0.25) is 0 Å². The largest absolute Gasteiger partial charge is 0.361 e. The molecule has 0 aromatic heterocycles. The summed E-state index contributed by atoms with van der Waals surface area (Å²) in [5, 5.41) is 0. The third kappa shape index (κ3) is 4.32. The Morgan fingerprint density at radius 1 is 0.933 bits per heavy atom. The molecule has 0 saturated carbocycles. The van der Waals surface area contributed by atoms with Gasteiger partial charge in [-0.2, -0.15) is 0 Å². The van der Waals surface area contributed by atoms with Gasteiger partial charge in [0.05, 0.1) is 0 Å². The first-order chi connectivity index (χ1) is 7.38. The molecule has 0 unspecified atom stereocenters. The number of para-hydroxylation sites is 1. The maximum absolute atomic E-state index is 5.39. The summed E-state index contributed by atoms with van der Waals surface area (Å²) in [6.45, 7) is 6.56. The fourth-order valence-electron chi connectivity index (χ4n) is 1.23. The molecule has 1 aromatic carbocycles. The summed E-state index contributed by atoms with van der Waals surface area (Å²) in [6.07, 6.45) is 0. The van der Waals surface area contributed by atoms with Crippen molar-refractivity contribution in [2.75, 3.05) is 31.6 Å². The van der Waals surface area contributed by atoms with Crippen molar-refractivity contribution in [3.63, 3.8) is 0 Å². The summed E-state index contributed by atoms with van der Waals surface area (Å²) < 4.78 is 10.8. The number of ether oxygens (including phenoxy) is 2. The molecular weight excluding hydrogens is 190 g/mol. The quantitative estimate of drug-likeness (QED) is 0.644. The maximum atomic E-state index is 5.39. The van der Waals surface area contributed by atoms with E-state index in [1.807, 2.05) is 32.0 Å². The van der Waals surface area contributed by atoms with Crippen LogP contribution in [0.15, 0.2) is 30.3 Å². The summed E-state index contributed by atoms with van der Waals surface area (Å²) in [5.41, 5.74) is 1.12. The maximum Gasteiger partial charge on any atom is 0.120 e. The standard InChI is InChI=1S/C12H19NO2/c1-3-14-10-13(11-15-4-2)12-8-6-5-7-9-12/h5-9H,3-4,10-11H2,1-2H3. The first-order valence-electron chi connectivity index (χ1n) is 5.34. The van der Waals surface area contributed by atoms with Gasteiger partial charge in [-0.15, -0.1) is 0 Å². The normalized spacial score (nSPS) is 10.3. The highest BCUT2D eigenvalue weighted by molar-refractivity contribution is 5.44. The number of hydrogen-bond donors (Lipinski definition) is 0. The SMILES string of the molecule is CCOCN(COCC)c1ccccc1. The first-order valence-corrected chi connectivity index (χ1v) is 5.34. The molecule has 1 rings (SSSR count). The number of nitrogens with zero attached hydrogens (tertiary/aromatic N) is 1. The number of hydrogen-bond acceptors (Lipinski definition) is 3. The molecule has 0 bridgehead atoms. The smallest absolute Gasteiger partial charge is 0.120 e. The molecular formula is C12H19NO2. The Morgan fingerprint density at radius 2 is 1.47 bits per heavy atom. The molecule has 0 amide bonds. The van der Waals surface area contributed by atoms with Gasteiger partial charge in [-0.1, -0.05) is 18.2 Å². The molecule has 3 nitrogen and oxygen atoms in total. The van der Waals surface area contributed by atoms with Gasteiger partial charge in [0.2, 0.25) is 0 Å². The topological polar surface area (TPSA) is 21.7 Å². The van der Waals surface area contributed by atoms with Crippen molar-refractivity contribution in [2.24, 2.45) is 0 Å². The Labute approximate surface area is 91.6 Å². The van der Waals surface area contributed by atoms with Gasteiger partial charge < -0.3 is 14.4 Å². The third-order valence-corrected chi connectivity index (χ3v) is 2.02. The lowest BCUT2D eigenvalue weighted by molar-refractivity contribution is 0.0960. The Morgan fingerprint density at radius 3 is 1.93 bits per heavy atom. The lowest BCUT2D eigenvalue weighted by atomic mass is 10.3. The summed E-state index contributed by atoms with van der Waals surface area (Å²) in [4.78, 5) is 2.06. The number of anilines is 1. The van der Waals surface area contributed by atoms with E-state index in [4.69, 9.17) is 9.47 Å². The molecule has 0 saturated heterocycles. The van der Waals surface area contributed by atoms with Crippen molar-refractivity contribution >= 4 is 5.69 Å². The van der Waals surface area contributed by atoms with Gasteiger partial charge in [0.1, 0.15) is 13.5 Å². The van der Waals surface area contributed by atoms with Crippen molar-refractivity contribution in [1.82, 2.24) is 0 Å². The zero-order valence-electron chi connectivity index (χ0n) is 9.48. The average molecular weight is 209 g/mol. The average Bonchev–Trinajstić information content (AvgIpc) is 2.30. The van der Waals surface area contributed by atoms with E-state index in [0.717, 1.165) is 18.9 Å². The minimum atomic E-state index is 0.570. The molecule has 0 spiro atoms. The van der Waals surface area contributed by atoms with Gasteiger partial charge >= 0.3 is 0 Å². The van der Waals surface area contributed by atoms with Crippen molar-refractivity contribution in [3.8, 4) is 0 Å². The molecule has 84 valence electrons. The molecule has 0 aliphatic heterocycles. The Hall–Kier alpha value is -1.06. The van der Waals surface area contributed by atoms with E-state index in [2.05, 4.69) is 17.0 Å². The van der Waals surface area contributed by atoms with Crippen LogP contribution in [0.4, 0.5) is 5.69 Å². The van der Waals surface area contributed by atoms with E-state index < -0.39 is 0 Å². The lowest BCUT2D eigenvalue weighted by Crippen LogP contribution is -2.28. The minimum absolute atomic E-state index is 0.570. The number of benzene rings is 1. The second kappa shape index (κ2) is 7.26. The van der Waals surface area contributed by atoms with Crippen molar-refractivity contribution < 1.29 is 9.47 Å². The third-order valence-electron chi connectivity index (χ3n) is 2.02.